The monoisotopic (exact) mass is 681 g/mol. The molecule has 0 saturated carbocycles. The average Bonchev–Trinajstić information content (AvgIpc) is 3.56. The predicted octanol–water partition coefficient (Wildman–Crippen LogP) is 3.84. The number of methoxy groups -OCH3 is 1. The Kier molecular flexibility index (Phi) is 9.91. The molecule has 2 saturated heterocycles. The van der Waals surface area contributed by atoms with E-state index in [0.29, 0.717) is 26.3 Å². The molecule has 1 aromatic heterocycles. The predicted molar refractivity (Wildman–Crippen MR) is 159 cm³/mol. The molecule has 0 spiro atoms. The van der Waals surface area contributed by atoms with Crippen LogP contribution in [0.25, 0.3) is 11.4 Å². The van der Waals surface area contributed by atoms with Gasteiger partial charge in [0.15, 0.2) is 9.84 Å². The van der Waals surface area contributed by atoms with Gasteiger partial charge >= 0.3 is 12.2 Å². The molecule has 5 rings (SSSR count). The minimum atomic E-state index is -4.91. The number of halogens is 3. The van der Waals surface area contributed by atoms with Crippen LogP contribution in [0.1, 0.15) is 25.3 Å². The fraction of sp³-hybridized carbons (Fsp3) is 0.467. The van der Waals surface area contributed by atoms with E-state index >= 15 is 0 Å². The van der Waals surface area contributed by atoms with E-state index in [9.17, 15) is 31.2 Å². The number of aromatic nitrogens is 2. The Balaban J connectivity index is 1.35. The highest BCUT2D eigenvalue weighted by atomic mass is 32.2. The first-order valence-electron chi connectivity index (χ1n) is 14.7. The lowest BCUT2D eigenvalue weighted by Crippen LogP contribution is -2.48. The number of ether oxygens (including phenoxy) is 3. The maximum Gasteiger partial charge on any atom is 0.420 e. The van der Waals surface area contributed by atoms with E-state index in [-0.39, 0.29) is 41.1 Å². The van der Waals surface area contributed by atoms with Gasteiger partial charge in [0.1, 0.15) is 28.5 Å². The number of hydrogen-bond donors (Lipinski definition) is 0. The number of alkyl halides is 3. The van der Waals surface area contributed by atoms with Gasteiger partial charge in [0.05, 0.1) is 31.1 Å². The average molecular weight is 682 g/mol. The van der Waals surface area contributed by atoms with E-state index in [1.807, 2.05) is 0 Å². The van der Waals surface area contributed by atoms with Crippen LogP contribution in [0.3, 0.4) is 0 Å². The van der Waals surface area contributed by atoms with Gasteiger partial charge in [-0.15, -0.1) is 0 Å². The second kappa shape index (κ2) is 13.6. The fourth-order valence-corrected chi connectivity index (χ4v) is 6.57. The third-order valence-corrected chi connectivity index (χ3v) is 9.63. The quantitative estimate of drug-likeness (QED) is 0.257. The maximum absolute atomic E-state index is 14.2. The molecule has 3 aromatic rings. The molecule has 2 aliphatic heterocycles. The van der Waals surface area contributed by atoms with Gasteiger partial charge in [-0.1, -0.05) is 17.3 Å². The summed E-state index contributed by atoms with van der Waals surface area (Å²) in [5.74, 6) is -2.18. The van der Waals surface area contributed by atoms with Gasteiger partial charge in [-0.3, -0.25) is 14.6 Å². The van der Waals surface area contributed by atoms with Gasteiger partial charge in [0.2, 0.25) is 11.7 Å². The lowest BCUT2D eigenvalue weighted by atomic mass is 10.0. The Morgan fingerprint density at radius 3 is 2.45 bits per heavy atom. The van der Waals surface area contributed by atoms with Gasteiger partial charge < -0.3 is 23.6 Å². The maximum atomic E-state index is 14.2. The van der Waals surface area contributed by atoms with Crippen molar-refractivity contribution < 1.29 is 49.9 Å². The molecule has 0 N–H and O–H groups in total. The van der Waals surface area contributed by atoms with Crippen molar-refractivity contribution in [3.05, 3.63) is 53.9 Å². The largest absolute Gasteiger partial charge is 0.455 e. The third kappa shape index (κ3) is 7.42. The Morgan fingerprint density at radius 1 is 1.02 bits per heavy atom. The molecule has 2 fully saturated rings. The van der Waals surface area contributed by atoms with Crippen molar-refractivity contribution in [2.24, 2.45) is 0 Å². The van der Waals surface area contributed by atoms with E-state index in [1.54, 1.807) is 13.8 Å². The normalized spacial score (nSPS) is 17.5. The molecular weight excluding hydrogens is 647 g/mol. The van der Waals surface area contributed by atoms with E-state index in [0.717, 1.165) is 30.1 Å². The number of carbonyl (C=O) groups excluding carboxylic acids is 2. The highest BCUT2D eigenvalue weighted by Crippen LogP contribution is 2.41. The van der Waals surface area contributed by atoms with Crippen LogP contribution < -0.4 is 4.74 Å². The summed E-state index contributed by atoms with van der Waals surface area (Å²) in [7, 11) is -2.60. The standard InChI is InChI=1S/C30H34F3N5O8S/c1-29(2)27(39)37(28(40)38(29)11-10-36-12-14-44-15-13-36)19-25-34-26(35-46-25)20-8-9-22(21(18-20)30(31,32)33)45-23-6-4-5-7-24(23)47(41,42)17-16-43-3/h4-9,18H,10-17,19H2,1-3H3. The van der Waals surface area contributed by atoms with E-state index < -0.39 is 50.6 Å². The van der Waals surface area contributed by atoms with E-state index in [4.69, 9.17) is 18.7 Å². The number of nitrogens with zero attached hydrogens (tertiary/aromatic N) is 5. The molecule has 3 amide bonds. The van der Waals surface area contributed by atoms with Gasteiger partial charge in [-0.05, 0) is 44.2 Å². The Labute approximate surface area is 269 Å². The van der Waals surface area contributed by atoms with Crippen molar-refractivity contribution in [1.82, 2.24) is 24.8 Å². The Morgan fingerprint density at radius 2 is 1.74 bits per heavy atom. The van der Waals surface area contributed by atoms with Crippen molar-refractivity contribution in [3.63, 3.8) is 0 Å². The zero-order chi connectivity index (χ0) is 34.0. The van der Waals surface area contributed by atoms with Crippen LogP contribution in [0.2, 0.25) is 0 Å². The van der Waals surface area contributed by atoms with Gasteiger partial charge in [0, 0.05) is 38.9 Å². The van der Waals surface area contributed by atoms with Gasteiger partial charge in [-0.2, -0.15) is 18.2 Å². The molecule has 17 heteroatoms. The van der Waals surface area contributed by atoms with Crippen LogP contribution in [0.15, 0.2) is 51.9 Å². The zero-order valence-electron chi connectivity index (χ0n) is 25.9. The van der Waals surface area contributed by atoms with Crippen molar-refractivity contribution in [2.75, 3.05) is 58.9 Å². The first kappa shape index (κ1) is 34.3. The first-order chi connectivity index (χ1) is 22.2. The van der Waals surface area contributed by atoms with E-state index in [1.165, 1.54) is 42.3 Å². The fourth-order valence-electron chi connectivity index (χ4n) is 5.26. The molecule has 0 atom stereocenters. The molecule has 2 aromatic carbocycles. The van der Waals surface area contributed by atoms with Crippen LogP contribution in [0.4, 0.5) is 18.0 Å². The van der Waals surface area contributed by atoms with Crippen LogP contribution >= 0.6 is 0 Å². The second-order valence-corrected chi connectivity index (χ2v) is 13.5. The SMILES string of the molecule is COCCS(=O)(=O)c1ccccc1Oc1ccc(-c2noc(CN3C(=O)N(CCN4CCOCC4)C(C)(C)C3=O)n2)cc1C(F)(F)F. The summed E-state index contributed by atoms with van der Waals surface area (Å²) in [5.41, 5.74) is -2.44. The molecule has 0 aliphatic carbocycles. The first-order valence-corrected chi connectivity index (χ1v) is 16.3. The number of urea groups is 1. The number of imide groups is 1. The lowest BCUT2D eigenvalue weighted by Gasteiger charge is -2.32. The van der Waals surface area contributed by atoms with Crippen LogP contribution in [0.5, 0.6) is 11.5 Å². The number of hydrogen-bond acceptors (Lipinski definition) is 11. The number of para-hydroxylation sites is 1. The number of benzene rings is 2. The molecular formula is C30H34F3N5O8S. The highest BCUT2D eigenvalue weighted by Gasteiger charge is 2.51. The minimum absolute atomic E-state index is 0.0905. The summed E-state index contributed by atoms with van der Waals surface area (Å²) in [6, 6.07) is 7.84. The summed E-state index contributed by atoms with van der Waals surface area (Å²) >= 11 is 0. The van der Waals surface area contributed by atoms with Crippen molar-refractivity contribution in [3.8, 4) is 22.9 Å². The number of sulfone groups is 1. The summed E-state index contributed by atoms with van der Waals surface area (Å²) in [5, 5.41) is 3.78. The van der Waals surface area contributed by atoms with E-state index in [2.05, 4.69) is 15.0 Å². The lowest BCUT2D eigenvalue weighted by molar-refractivity contribution is -0.138. The van der Waals surface area contributed by atoms with Crippen LogP contribution in [-0.2, 0) is 36.8 Å². The van der Waals surface area contributed by atoms with Gasteiger partial charge in [0.25, 0.3) is 5.91 Å². The van der Waals surface area contributed by atoms with Gasteiger partial charge in [-0.25, -0.2) is 13.2 Å². The van der Waals surface area contributed by atoms with Crippen LogP contribution in [0, 0.1) is 0 Å². The number of amides is 3. The molecule has 2 aliphatic rings. The summed E-state index contributed by atoms with van der Waals surface area (Å²) in [6.45, 7) is 6.29. The zero-order valence-corrected chi connectivity index (χ0v) is 26.8. The second-order valence-electron chi connectivity index (χ2n) is 11.4. The third-order valence-electron chi connectivity index (χ3n) is 7.91. The van der Waals surface area contributed by atoms with Crippen molar-refractivity contribution in [1.29, 1.82) is 0 Å². The topological polar surface area (TPSA) is 145 Å². The molecule has 0 radical (unpaired) electrons. The molecule has 254 valence electrons. The number of carbonyl (C=O) groups is 2. The molecule has 3 heterocycles. The number of rotatable bonds is 12. The Hall–Kier alpha value is -4.06. The summed E-state index contributed by atoms with van der Waals surface area (Å²) < 4.78 is 89.2. The van der Waals surface area contributed by atoms with Crippen molar-refractivity contribution >= 4 is 21.8 Å². The molecule has 47 heavy (non-hydrogen) atoms. The van der Waals surface area contributed by atoms with Crippen molar-refractivity contribution in [2.45, 2.75) is 37.0 Å². The number of morpholine rings is 1. The molecule has 13 nitrogen and oxygen atoms in total. The minimum Gasteiger partial charge on any atom is -0.455 e. The smallest absolute Gasteiger partial charge is 0.420 e. The molecule has 0 unspecified atom stereocenters. The summed E-state index contributed by atoms with van der Waals surface area (Å²) in [6.07, 6.45) is -4.91. The van der Waals surface area contributed by atoms with Crippen LogP contribution in [-0.4, -0.2) is 110 Å². The Bertz CT molecular complexity index is 1720. The summed E-state index contributed by atoms with van der Waals surface area (Å²) in [4.78, 5) is 35.0. The molecule has 0 bridgehead atoms. The highest BCUT2D eigenvalue weighted by molar-refractivity contribution is 7.91.